The first kappa shape index (κ1) is 24.5. The number of aromatic nitrogens is 1. The molecule has 1 aliphatic heterocycles. The normalized spacial score (nSPS) is 17.6. The minimum atomic E-state index is -3.73. The third kappa shape index (κ3) is 4.31. The van der Waals surface area contributed by atoms with Crippen LogP contribution in [0.4, 0.5) is 18.9 Å². The van der Waals surface area contributed by atoms with E-state index < -0.39 is 17.5 Å². The van der Waals surface area contributed by atoms with Crippen molar-refractivity contribution in [2.45, 2.75) is 77.6 Å². The summed E-state index contributed by atoms with van der Waals surface area (Å²) < 4.78 is 53.3. The number of ether oxygens (including phenoxy) is 2. The Morgan fingerprint density at radius 3 is 2.42 bits per heavy atom. The monoisotopic (exact) mass is 500 g/mol. The van der Waals surface area contributed by atoms with Gasteiger partial charge in [-0.15, -0.1) is 8.78 Å². The minimum Gasteiger partial charge on any atom is -0.395 e. The van der Waals surface area contributed by atoms with Crippen molar-refractivity contribution in [3.8, 4) is 11.5 Å². The first-order valence-electron chi connectivity index (χ1n) is 12.3. The number of carbonyl (C=O) groups excluding carboxylic acids is 1. The maximum Gasteiger partial charge on any atom is 0.586 e. The van der Waals surface area contributed by atoms with Crippen LogP contribution in [0, 0.1) is 11.7 Å². The van der Waals surface area contributed by atoms with E-state index >= 15 is 4.39 Å². The Labute approximate surface area is 208 Å². The quantitative estimate of drug-likeness (QED) is 0.392. The lowest BCUT2D eigenvalue weighted by atomic mass is 9.92. The number of benzene rings is 2. The van der Waals surface area contributed by atoms with Crippen LogP contribution in [-0.2, 0) is 22.2 Å². The number of hydrogen-bond acceptors (Lipinski definition) is 3. The predicted molar refractivity (Wildman–Crippen MR) is 132 cm³/mol. The fraction of sp³-hybridized carbons (Fsp3) is 0.464. The topological polar surface area (TPSA) is 52.5 Å². The van der Waals surface area contributed by atoms with Gasteiger partial charge in [0.1, 0.15) is 5.82 Å². The standard InChI is InChI=1S/C28H31F3N2O3/c1-16(2)8-11-33-21-15-19(29)20(12-17(21)13-24(33)26(3,4)5)32-25(34)27(9-10-27)18-6-7-22-23(14-18)36-28(30,31)35-22/h6-7,12-16H,8-11H2,1-5H3,(H,32,34). The van der Waals surface area contributed by atoms with Crippen LogP contribution in [-0.4, -0.2) is 16.8 Å². The first-order valence-corrected chi connectivity index (χ1v) is 12.3. The Morgan fingerprint density at radius 1 is 1.08 bits per heavy atom. The Balaban J connectivity index is 1.44. The Bertz CT molecular complexity index is 1350. The molecule has 5 rings (SSSR count). The first-order chi connectivity index (χ1) is 16.8. The molecule has 1 aliphatic carbocycles. The summed E-state index contributed by atoms with van der Waals surface area (Å²) in [4.78, 5) is 13.3. The number of hydrogen-bond donors (Lipinski definition) is 1. The molecule has 2 aromatic carbocycles. The number of nitrogens with one attached hydrogen (secondary N) is 1. The van der Waals surface area contributed by atoms with Crippen LogP contribution in [0.5, 0.6) is 11.5 Å². The van der Waals surface area contributed by atoms with E-state index in [0.717, 1.165) is 29.6 Å². The van der Waals surface area contributed by atoms with Crippen molar-refractivity contribution >= 4 is 22.5 Å². The summed E-state index contributed by atoms with van der Waals surface area (Å²) in [6.07, 6.45) is -1.70. The van der Waals surface area contributed by atoms with E-state index in [-0.39, 0.29) is 28.5 Å². The van der Waals surface area contributed by atoms with Crippen LogP contribution in [0.3, 0.4) is 0 Å². The molecule has 1 saturated carbocycles. The zero-order valence-electron chi connectivity index (χ0n) is 21.2. The van der Waals surface area contributed by atoms with Gasteiger partial charge in [0, 0.05) is 29.1 Å². The van der Waals surface area contributed by atoms with Crippen LogP contribution in [0.2, 0.25) is 0 Å². The fourth-order valence-electron chi connectivity index (χ4n) is 4.89. The van der Waals surface area contributed by atoms with Gasteiger partial charge in [-0.2, -0.15) is 0 Å². The third-order valence-electron chi connectivity index (χ3n) is 7.08. The summed E-state index contributed by atoms with van der Waals surface area (Å²) in [6.45, 7) is 11.5. The Kier molecular flexibility index (Phi) is 5.57. The molecule has 5 nitrogen and oxygen atoms in total. The summed E-state index contributed by atoms with van der Waals surface area (Å²) in [6, 6.07) is 9.60. The molecule has 0 bridgehead atoms. The highest BCUT2D eigenvalue weighted by Gasteiger charge is 2.53. The molecule has 192 valence electrons. The van der Waals surface area contributed by atoms with Gasteiger partial charge in [0.2, 0.25) is 5.91 Å². The van der Waals surface area contributed by atoms with Crippen LogP contribution >= 0.6 is 0 Å². The van der Waals surface area contributed by atoms with Gasteiger partial charge >= 0.3 is 6.29 Å². The highest BCUT2D eigenvalue weighted by atomic mass is 19.3. The molecule has 2 heterocycles. The van der Waals surface area contributed by atoms with Crippen LogP contribution < -0.4 is 14.8 Å². The van der Waals surface area contributed by atoms with Gasteiger partial charge in [0.25, 0.3) is 0 Å². The molecule has 3 aromatic rings. The molecular weight excluding hydrogens is 469 g/mol. The van der Waals surface area contributed by atoms with E-state index in [0.29, 0.717) is 24.3 Å². The molecule has 8 heteroatoms. The Morgan fingerprint density at radius 2 is 1.78 bits per heavy atom. The van der Waals surface area contributed by atoms with Crippen LogP contribution in [0.25, 0.3) is 10.9 Å². The summed E-state index contributed by atoms with van der Waals surface area (Å²) in [5, 5.41) is 3.62. The second kappa shape index (κ2) is 8.18. The van der Waals surface area contributed by atoms with Crippen molar-refractivity contribution in [3.63, 3.8) is 0 Å². The minimum absolute atomic E-state index is 0.0758. The maximum absolute atomic E-state index is 15.3. The van der Waals surface area contributed by atoms with E-state index in [4.69, 9.17) is 0 Å². The predicted octanol–water partition coefficient (Wildman–Crippen LogP) is 7.12. The van der Waals surface area contributed by atoms with Gasteiger partial charge < -0.3 is 19.4 Å². The summed E-state index contributed by atoms with van der Waals surface area (Å²) >= 11 is 0. The third-order valence-corrected chi connectivity index (χ3v) is 7.08. The molecule has 0 saturated heterocycles. The molecule has 0 unspecified atom stereocenters. The van der Waals surface area contributed by atoms with E-state index in [1.165, 1.54) is 18.2 Å². The molecule has 1 amide bonds. The lowest BCUT2D eigenvalue weighted by Crippen LogP contribution is -2.28. The molecular formula is C28H31F3N2O3. The van der Waals surface area contributed by atoms with E-state index in [2.05, 4.69) is 60.0 Å². The number of aryl methyl sites for hydroxylation is 1. The van der Waals surface area contributed by atoms with Gasteiger partial charge in [-0.3, -0.25) is 4.79 Å². The highest BCUT2D eigenvalue weighted by molar-refractivity contribution is 6.02. The van der Waals surface area contributed by atoms with Crippen molar-refractivity contribution in [2.75, 3.05) is 5.32 Å². The lowest BCUT2D eigenvalue weighted by molar-refractivity contribution is -0.286. The van der Waals surface area contributed by atoms with Crippen molar-refractivity contribution in [3.05, 3.63) is 53.5 Å². The van der Waals surface area contributed by atoms with Crippen molar-refractivity contribution in [1.82, 2.24) is 4.57 Å². The molecule has 0 radical (unpaired) electrons. The molecule has 36 heavy (non-hydrogen) atoms. The van der Waals surface area contributed by atoms with E-state index in [1.54, 1.807) is 12.1 Å². The number of anilines is 1. The number of fused-ring (bicyclic) bond motifs is 2. The van der Waals surface area contributed by atoms with Gasteiger partial charge in [-0.05, 0) is 55.0 Å². The molecule has 0 atom stereocenters. The van der Waals surface area contributed by atoms with Gasteiger partial charge in [0.05, 0.1) is 16.6 Å². The van der Waals surface area contributed by atoms with E-state index in [1.807, 2.05) is 0 Å². The molecule has 2 aliphatic rings. The second-order valence-electron chi connectivity index (χ2n) is 11.4. The highest BCUT2D eigenvalue weighted by Crippen LogP contribution is 2.52. The molecule has 1 N–H and O–H groups in total. The fourth-order valence-corrected chi connectivity index (χ4v) is 4.89. The number of alkyl halides is 2. The number of carbonyl (C=O) groups is 1. The summed E-state index contributed by atoms with van der Waals surface area (Å²) in [5.41, 5.74) is 1.50. The molecule has 0 spiro atoms. The summed E-state index contributed by atoms with van der Waals surface area (Å²) in [7, 11) is 0. The Hall–Kier alpha value is -3.16. The van der Waals surface area contributed by atoms with Crippen LogP contribution in [0.15, 0.2) is 36.4 Å². The SMILES string of the molecule is CC(C)CCn1c(C(C)(C)C)cc2cc(NC(=O)C3(c4ccc5c(c4)OC(F)(F)O5)CC3)c(F)cc21. The smallest absolute Gasteiger partial charge is 0.395 e. The largest absolute Gasteiger partial charge is 0.586 e. The average molecular weight is 501 g/mol. The molecule has 1 fully saturated rings. The number of amides is 1. The van der Waals surface area contributed by atoms with Gasteiger partial charge in [-0.25, -0.2) is 4.39 Å². The molecule has 1 aromatic heterocycles. The van der Waals surface area contributed by atoms with Crippen molar-refractivity contribution in [1.29, 1.82) is 0 Å². The average Bonchev–Trinajstić information content (AvgIpc) is 3.41. The van der Waals surface area contributed by atoms with Crippen LogP contribution in [0.1, 0.15) is 65.1 Å². The lowest BCUT2D eigenvalue weighted by Gasteiger charge is -2.22. The second-order valence-corrected chi connectivity index (χ2v) is 11.4. The van der Waals surface area contributed by atoms with Gasteiger partial charge in [-0.1, -0.05) is 40.7 Å². The van der Waals surface area contributed by atoms with Crippen molar-refractivity contribution in [2.24, 2.45) is 5.92 Å². The zero-order valence-corrected chi connectivity index (χ0v) is 21.2. The number of rotatable bonds is 6. The number of halogens is 3. The van der Waals surface area contributed by atoms with Crippen molar-refractivity contribution < 1.29 is 27.4 Å². The van der Waals surface area contributed by atoms with E-state index in [9.17, 15) is 13.6 Å². The number of nitrogens with zero attached hydrogens (tertiary/aromatic N) is 1. The maximum atomic E-state index is 15.3. The zero-order chi connectivity index (χ0) is 26.0. The summed E-state index contributed by atoms with van der Waals surface area (Å²) in [5.74, 6) is -0.562. The van der Waals surface area contributed by atoms with Gasteiger partial charge in [0.15, 0.2) is 11.5 Å².